The van der Waals surface area contributed by atoms with Gasteiger partial charge in [-0.05, 0) is 17.7 Å². The second-order valence-corrected chi connectivity index (χ2v) is 7.18. The first kappa shape index (κ1) is 15.4. The van der Waals surface area contributed by atoms with Gasteiger partial charge in [-0.25, -0.2) is 9.78 Å². The van der Waals surface area contributed by atoms with Crippen LogP contribution in [-0.4, -0.2) is 47.2 Å². The number of anilines is 1. The average Bonchev–Trinajstić information content (AvgIpc) is 3.36. The number of aromatic amines is 1. The van der Waals surface area contributed by atoms with E-state index in [1.807, 2.05) is 29.3 Å². The van der Waals surface area contributed by atoms with Crippen LogP contribution < -0.4 is 5.32 Å². The maximum atomic E-state index is 12.8. The molecule has 26 heavy (non-hydrogen) atoms. The maximum Gasteiger partial charge on any atom is 0.323 e. The van der Waals surface area contributed by atoms with Gasteiger partial charge in [-0.1, -0.05) is 30.3 Å². The molecule has 0 radical (unpaired) electrons. The molecule has 3 aromatic rings. The number of benzene rings is 1. The number of pyridine rings is 1. The van der Waals surface area contributed by atoms with Gasteiger partial charge in [-0.15, -0.1) is 0 Å². The Morgan fingerprint density at radius 1 is 1.31 bits per heavy atom. The lowest BCUT2D eigenvalue weighted by Gasteiger charge is -2.27. The number of hydrogen-bond acceptors (Lipinski definition) is 3. The number of hydrogen-bond donors (Lipinski definition) is 2. The molecule has 2 atom stereocenters. The van der Waals surface area contributed by atoms with Crippen molar-refractivity contribution in [1.29, 1.82) is 0 Å². The van der Waals surface area contributed by atoms with E-state index in [1.54, 1.807) is 6.20 Å². The van der Waals surface area contributed by atoms with E-state index in [1.165, 1.54) is 5.56 Å². The fourth-order valence-corrected chi connectivity index (χ4v) is 4.28. The molecule has 2 aliphatic rings. The Hall–Kier alpha value is -2.86. The normalized spacial score (nSPS) is 24.8. The van der Waals surface area contributed by atoms with E-state index in [2.05, 4.69) is 39.6 Å². The highest BCUT2D eigenvalue weighted by Crippen LogP contribution is 2.43. The molecule has 0 saturated carbocycles. The zero-order chi connectivity index (χ0) is 17.6. The van der Waals surface area contributed by atoms with Gasteiger partial charge in [-0.3, -0.25) is 5.32 Å². The van der Waals surface area contributed by atoms with E-state index in [9.17, 15) is 4.79 Å². The molecule has 2 fully saturated rings. The zero-order valence-corrected chi connectivity index (χ0v) is 14.3. The first-order chi connectivity index (χ1) is 12.7. The Balaban J connectivity index is 1.37. The monoisotopic (exact) mass is 348 g/mol. The van der Waals surface area contributed by atoms with Crippen molar-refractivity contribution in [3.05, 3.63) is 60.4 Å². The number of urea groups is 1. The molecule has 0 bridgehead atoms. The third-order valence-electron chi connectivity index (χ3n) is 5.68. The van der Waals surface area contributed by atoms with Crippen LogP contribution in [0.5, 0.6) is 0 Å². The third-order valence-corrected chi connectivity index (χ3v) is 5.68. The lowest BCUT2D eigenvalue weighted by atomic mass is 9.75. The summed E-state index contributed by atoms with van der Waals surface area (Å²) < 4.78 is 5.78. The summed E-state index contributed by atoms with van der Waals surface area (Å²) in [6.07, 6.45) is 3.60. The second-order valence-electron chi connectivity index (χ2n) is 7.18. The van der Waals surface area contributed by atoms with E-state index in [0.717, 1.165) is 10.9 Å². The third kappa shape index (κ3) is 2.37. The van der Waals surface area contributed by atoms with Crippen molar-refractivity contribution in [2.45, 2.75) is 5.41 Å². The summed E-state index contributed by atoms with van der Waals surface area (Å²) >= 11 is 0. The van der Waals surface area contributed by atoms with E-state index >= 15 is 0 Å². The van der Waals surface area contributed by atoms with Crippen LogP contribution in [0.15, 0.2) is 54.9 Å². The van der Waals surface area contributed by atoms with Crippen LogP contribution in [-0.2, 0) is 10.2 Å². The minimum atomic E-state index is -0.101. The molecule has 5 rings (SSSR count). The molecule has 1 aromatic carbocycles. The summed E-state index contributed by atoms with van der Waals surface area (Å²) in [5.41, 5.74) is 2.11. The highest BCUT2D eigenvalue weighted by atomic mass is 16.5. The Morgan fingerprint density at radius 2 is 2.19 bits per heavy atom. The fourth-order valence-electron chi connectivity index (χ4n) is 4.28. The van der Waals surface area contributed by atoms with Crippen molar-refractivity contribution < 1.29 is 9.53 Å². The van der Waals surface area contributed by atoms with Crippen molar-refractivity contribution in [3.8, 4) is 0 Å². The number of nitrogens with zero attached hydrogens (tertiary/aromatic N) is 2. The van der Waals surface area contributed by atoms with Crippen LogP contribution >= 0.6 is 0 Å². The van der Waals surface area contributed by atoms with Crippen LogP contribution in [0.4, 0.5) is 10.6 Å². The summed E-state index contributed by atoms with van der Waals surface area (Å²) in [6.45, 7) is 2.73. The topological polar surface area (TPSA) is 70.2 Å². The van der Waals surface area contributed by atoms with Gasteiger partial charge >= 0.3 is 6.03 Å². The number of likely N-dealkylation sites (tertiary alicyclic amines) is 1. The van der Waals surface area contributed by atoms with E-state index in [4.69, 9.17) is 4.74 Å². The van der Waals surface area contributed by atoms with Crippen molar-refractivity contribution in [2.24, 2.45) is 5.92 Å². The highest BCUT2D eigenvalue weighted by molar-refractivity contribution is 5.91. The lowest BCUT2D eigenvalue weighted by molar-refractivity contribution is 0.152. The molecule has 2 amide bonds. The first-order valence-corrected chi connectivity index (χ1v) is 8.87. The van der Waals surface area contributed by atoms with E-state index in [-0.39, 0.29) is 11.4 Å². The van der Waals surface area contributed by atoms with Gasteiger partial charge in [0, 0.05) is 36.0 Å². The SMILES string of the molecule is O=C(Nc1cc2cc[nH]c2cn1)N1C[C@@H]2COC[C@]2(c2ccccc2)C1. The predicted molar refractivity (Wildman–Crippen MR) is 99.1 cm³/mol. The molecule has 0 unspecified atom stereocenters. The van der Waals surface area contributed by atoms with Gasteiger partial charge in [0.05, 0.1) is 24.9 Å². The van der Waals surface area contributed by atoms with Gasteiger partial charge in [0.1, 0.15) is 5.82 Å². The molecular formula is C20H20N4O2. The summed E-state index contributed by atoms with van der Waals surface area (Å²) in [5.74, 6) is 0.903. The molecule has 2 aromatic heterocycles. The fraction of sp³-hybridized carbons (Fsp3) is 0.300. The number of ether oxygens (including phenoxy) is 1. The number of aromatic nitrogens is 2. The smallest absolute Gasteiger partial charge is 0.323 e. The maximum absolute atomic E-state index is 12.8. The predicted octanol–water partition coefficient (Wildman–Crippen LogP) is 2.99. The molecule has 2 aliphatic heterocycles. The van der Waals surface area contributed by atoms with Gasteiger partial charge in [0.15, 0.2) is 0 Å². The molecular weight excluding hydrogens is 328 g/mol. The van der Waals surface area contributed by atoms with Crippen LogP contribution in [0, 0.1) is 5.92 Å². The number of H-pyrrole nitrogens is 1. The molecule has 4 heterocycles. The Kier molecular flexibility index (Phi) is 3.46. The molecule has 6 heteroatoms. The number of carbonyl (C=O) groups is 1. The quantitative estimate of drug-likeness (QED) is 0.748. The van der Waals surface area contributed by atoms with Crippen LogP contribution in [0.1, 0.15) is 5.56 Å². The van der Waals surface area contributed by atoms with Crippen molar-refractivity contribution in [1.82, 2.24) is 14.9 Å². The molecule has 0 aliphatic carbocycles. The van der Waals surface area contributed by atoms with Crippen LogP contribution in [0.25, 0.3) is 10.9 Å². The summed E-state index contributed by atoms with van der Waals surface area (Å²) in [6, 6.07) is 14.2. The van der Waals surface area contributed by atoms with Crippen molar-refractivity contribution in [2.75, 3.05) is 31.6 Å². The molecule has 2 N–H and O–H groups in total. The number of rotatable bonds is 2. The summed E-state index contributed by atoms with van der Waals surface area (Å²) in [5, 5.41) is 3.98. The second kappa shape index (κ2) is 5.85. The minimum Gasteiger partial charge on any atom is -0.380 e. The first-order valence-electron chi connectivity index (χ1n) is 8.87. The highest BCUT2D eigenvalue weighted by Gasteiger charge is 2.52. The Morgan fingerprint density at radius 3 is 3.08 bits per heavy atom. The molecule has 0 spiro atoms. The van der Waals surface area contributed by atoms with Crippen molar-refractivity contribution in [3.63, 3.8) is 0 Å². The summed E-state index contributed by atoms with van der Waals surface area (Å²) in [4.78, 5) is 22.1. The van der Waals surface area contributed by atoms with Gasteiger partial charge in [0.25, 0.3) is 0 Å². The summed E-state index contributed by atoms with van der Waals surface area (Å²) in [7, 11) is 0. The number of amides is 2. The largest absolute Gasteiger partial charge is 0.380 e. The Labute approximate surface area is 151 Å². The van der Waals surface area contributed by atoms with Gasteiger partial charge in [-0.2, -0.15) is 0 Å². The molecule has 132 valence electrons. The van der Waals surface area contributed by atoms with Crippen LogP contribution in [0.3, 0.4) is 0 Å². The number of nitrogens with one attached hydrogen (secondary N) is 2. The van der Waals surface area contributed by atoms with Gasteiger partial charge in [0.2, 0.25) is 0 Å². The van der Waals surface area contributed by atoms with Crippen LogP contribution in [0.2, 0.25) is 0 Å². The van der Waals surface area contributed by atoms with Gasteiger partial charge < -0.3 is 14.6 Å². The zero-order valence-electron chi connectivity index (χ0n) is 14.3. The minimum absolute atomic E-state index is 0.0999. The van der Waals surface area contributed by atoms with E-state index in [0.29, 0.717) is 38.0 Å². The Bertz CT molecular complexity index is 955. The van der Waals surface area contributed by atoms with E-state index < -0.39 is 0 Å². The standard InChI is InChI=1S/C20H20N4O2/c25-19(23-18-8-14-6-7-21-17(14)9-22-18)24-10-16-11-26-13-20(16,12-24)15-4-2-1-3-5-15/h1-9,16,21H,10-13H2,(H,22,23,25)/t16-,20+/m1/s1. The van der Waals surface area contributed by atoms with Crippen molar-refractivity contribution >= 4 is 22.8 Å². The number of carbonyl (C=O) groups excluding carboxylic acids is 1. The molecule has 2 saturated heterocycles. The number of fused-ring (bicyclic) bond motifs is 2. The lowest BCUT2D eigenvalue weighted by Crippen LogP contribution is -2.38. The molecule has 6 nitrogen and oxygen atoms in total. The average molecular weight is 348 g/mol.